The van der Waals surface area contributed by atoms with Gasteiger partial charge in [0.15, 0.2) is 0 Å². The molecule has 1 aliphatic heterocycles. The van der Waals surface area contributed by atoms with Crippen molar-refractivity contribution < 1.29 is 14.8 Å². The first-order valence-electron chi connectivity index (χ1n) is 6.73. The Morgan fingerprint density at radius 2 is 2.25 bits per heavy atom. The van der Waals surface area contributed by atoms with Crippen LogP contribution in [0.1, 0.15) is 43.2 Å². The molecule has 1 N–H and O–H groups in total. The third kappa shape index (κ3) is 2.82. The molecule has 0 aromatic carbocycles. The first-order chi connectivity index (χ1) is 9.40. The third-order valence-electron chi connectivity index (χ3n) is 3.50. The molecule has 1 aliphatic rings. The van der Waals surface area contributed by atoms with Crippen LogP contribution in [0.4, 0.5) is 5.69 Å². The highest BCUT2D eigenvalue weighted by Gasteiger charge is 2.28. The maximum absolute atomic E-state index is 12.5. The smallest absolute Gasteiger partial charge is 0.287 e. The molecule has 2 rings (SSSR count). The summed E-state index contributed by atoms with van der Waals surface area (Å²) in [5.41, 5.74) is 0.223. The summed E-state index contributed by atoms with van der Waals surface area (Å²) in [5, 5.41) is 20.5. The molecule has 0 bridgehead atoms. The van der Waals surface area contributed by atoms with Gasteiger partial charge in [0.2, 0.25) is 0 Å². The van der Waals surface area contributed by atoms with E-state index in [1.54, 1.807) is 9.47 Å². The Morgan fingerprint density at radius 3 is 2.80 bits per heavy atom. The normalized spacial score (nSPS) is 19.4. The van der Waals surface area contributed by atoms with Crippen LogP contribution in [-0.2, 0) is 0 Å². The predicted octanol–water partition coefficient (Wildman–Crippen LogP) is 1.57. The summed E-state index contributed by atoms with van der Waals surface area (Å²) in [4.78, 5) is 24.4. The lowest BCUT2D eigenvalue weighted by atomic mass is 10.1. The molecule has 0 unspecified atom stereocenters. The first-order valence-corrected chi connectivity index (χ1v) is 6.73. The highest BCUT2D eigenvalue weighted by atomic mass is 16.6. The second kappa shape index (κ2) is 5.62. The van der Waals surface area contributed by atoms with Gasteiger partial charge in [-0.2, -0.15) is 0 Å². The number of hydrogen-bond donors (Lipinski definition) is 1. The van der Waals surface area contributed by atoms with Crippen molar-refractivity contribution >= 4 is 11.6 Å². The summed E-state index contributed by atoms with van der Waals surface area (Å²) in [6.07, 6.45) is 2.32. The largest absolute Gasteiger partial charge is 0.391 e. The van der Waals surface area contributed by atoms with Crippen LogP contribution in [0.25, 0.3) is 0 Å². The van der Waals surface area contributed by atoms with Crippen LogP contribution >= 0.6 is 0 Å². The average Bonchev–Trinajstić information content (AvgIpc) is 2.83. The van der Waals surface area contributed by atoms with Gasteiger partial charge in [-0.05, 0) is 26.7 Å². The van der Waals surface area contributed by atoms with E-state index in [2.05, 4.69) is 0 Å². The van der Waals surface area contributed by atoms with E-state index >= 15 is 0 Å². The summed E-state index contributed by atoms with van der Waals surface area (Å²) in [6, 6.07) is 1.26. The molecule has 110 valence electrons. The van der Waals surface area contributed by atoms with Gasteiger partial charge in [0.25, 0.3) is 11.6 Å². The molecule has 1 atom stereocenters. The summed E-state index contributed by atoms with van der Waals surface area (Å²) in [5.74, 6) is -0.259. The SMILES string of the molecule is CC(C)n1cc([N+](=O)[O-])cc1C(=O)N1CCC[C@H](O)C1. The van der Waals surface area contributed by atoms with Crippen molar-refractivity contribution in [2.45, 2.75) is 38.8 Å². The van der Waals surface area contributed by atoms with Gasteiger partial charge in [0, 0.05) is 25.2 Å². The predicted molar refractivity (Wildman–Crippen MR) is 72.6 cm³/mol. The zero-order valence-corrected chi connectivity index (χ0v) is 11.7. The van der Waals surface area contributed by atoms with E-state index in [-0.39, 0.29) is 24.2 Å². The maximum Gasteiger partial charge on any atom is 0.287 e. The van der Waals surface area contributed by atoms with Gasteiger partial charge in [-0.15, -0.1) is 0 Å². The molecule has 1 aromatic heterocycles. The lowest BCUT2D eigenvalue weighted by Gasteiger charge is -2.30. The van der Waals surface area contributed by atoms with Gasteiger partial charge in [-0.1, -0.05) is 0 Å². The molecule has 0 radical (unpaired) electrons. The molecule has 1 saturated heterocycles. The zero-order valence-electron chi connectivity index (χ0n) is 11.7. The van der Waals surface area contributed by atoms with Gasteiger partial charge in [0.05, 0.1) is 17.2 Å². The fourth-order valence-electron chi connectivity index (χ4n) is 2.46. The van der Waals surface area contributed by atoms with Crippen molar-refractivity contribution in [1.82, 2.24) is 9.47 Å². The quantitative estimate of drug-likeness (QED) is 0.673. The Kier molecular flexibility index (Phi) is 4.08. The van der Waals surface area contributed by atoms with E-state index in [4.69, 9.17) is 0 Å². The molecule has 1 aromatic rings. The van der Waals surface area contributed by atoms with E-state index in [1.165, 1.54) is 12.3 Å². The lowest BCUT2D eigenvalue weighted by molar-refractivity contribution is -0.384. The van der Waals surface area contributed by atoms with Gasteiger partial charge < -0.3 is 14.6 Å². The topological polar surface area (TPSA) is 88.6 Å². The number of carbonyl (C=O) groups is 1. The van der Waals surface area contributed by atoms with Gasteiger partial charge in [0.1, 0.15) is 5.69 Å². The van der Waals surface area contributed by atoms with Crippen molar-refractivity contribution in [2.24, 2.45) is 0 Å². The Labute approximate surface area is 116 Å². The molecule has 7 nitrogen and oxygen atoms in total. The molecular formula is C13H19N3O4. The van der Waals surface area contributed by atoms with Gasteiger partial charge in [-0.25, -0.2) is 0 Å². The molecule has 0 spiro atoms. The summed E-state index contributed by atoms with van der Waals surface area (Å²) in [6.45, 7) is 4.60. The number of piperidine rings is 1. The number of carbonyl (C=O) groups excluding carboxylic acids is 1. The van der Waals surface area contributed by atoms with Crippen LogP contribution in [0, 0.1) is 10.1 Å². The first kappa shape index (κ1) is 14.5. The van der Waals surface area contributed by atoms with Crippen LogP contribution in [0.15, 0.2) is 12.3 Å². The number of β-amino-alcohol motifs (C(OH)–C–C–N with tert-alkyl or cyclic N) is 1. The Bertz CT molecular complexity index is 524. The number of likely N-dealkylation sites (tertiary alicyclic amines) is 1. The van der Waals surface area contributed by atoms with Gasteiger partial charge in [-0.3, -0.25) is 14.9 Å². The molecule has 7 heteroatoms. The van der Waals surface area contributed by atoms with E-state index < -0.39 is 11.0 Å². The molecular weight excluding hydrogens is 262 g/mol. The minimum atomic E-state index is -0.509. The monoisotopic (exact) mass is 281 g/mol. The molecule has 20 heavy (non-hydrogen) atoms. The summed E-state index contributed by atoms with van der Waals surface area (Å²) >= 11 is 0. The standard InChI is InChI=1S/C13H19N3O4/c1-9(2)15-7-10(16(19)20)6-12(15)13(18)14-5-3-4-11(17)8-14/h6-7,9,11,17H,3-5,8H2,1-2H3/t11-/m0/s1. The van der Waals surface area contributed by atoms with Crippen LogP contribution in [-0.4, -0.2) is 44.6 Å². The molecule has 2 heterocycles. The Hall–Kier alpha value is -1.89. The van der Waals surface area contributed by atoms with E-state index in [1.807, 2.05) is 13.8 Å². The third-order valence-corrected chi connectivity index (χ3v) is 3.50. The highest BCUT2D eigenvalue weighted by Crippen LogP contribution is 2.23. The van der Waals surface area contributed by atoms with Crippen molar-refractivity contribution in [3.63, 3.8) is 0 Å². The number of aliphatic hydroxyl groups excluding tert-OH is 1. The average molecular weight is 281 g/mol. The highest BCUT2D eigenvalue weighted by molar-refractivity contribution is 5.93. The van der Waals surface area contributed by atoms with Crippen LogP contribution in [0.3, 0.4) is 0 Å². The Balaban J connectivity index is 2.30. The number of nitro groups is 1. The van der Waals surface area contributed by atoms with Crippen molar-refractivity contribution in [3.05, 3.63) is 28.1 Å². The van der Waals surface area contributed by atoms with E-state index in [9.17, 15) is 20.0 Å². The zero-order chi connectivity index (χ0) is 14.9. The van der Waals surface area contributed by atoms with E-state index in [0.717, 1.165) is 6.42 Å². The second-order valence-corrected chi connectivity index (χ2v) is 5.39. The molecule has 0 saturated carbocycles. The Morgan fingerprint density at radius 1 is 1.55 bits per heavy atom. The number of aliphatic hydroxyl groups is 1. The minimum Gasteiger partial charge on any atom is -0.391 e. The summed E-state index contributed by atoms with van der Waals surface area (Å²) < 4.78 is 1.61. The van der Waals surface area contributed by atoms with Crippen molar-refractivity contribution in [3.8, 4) is 0 Å². The number of rotatable bonds is 3. The number of nitrogens with zero attached hydrogens (tertiary/aromatic N) is 3. The number of amides is 1. The van der Waals surface area contributed by atoms with Crippen LogP contribution in [0.5, 0.6) is 0 Å². The minimum absolute atomic E-state index is 0.0441. The fourth-order valence-corrected chi connectivity index (χ4v) is 2.46. The van der Waals surface area contributed by atoms with Crippen molar-refractivity contribution in [2.75, 3.05) is 13.1 Å². The molecule has 1 amide bonds. The van der Waals surface area contributed by atoms with Crippen molar-refractivity contribution in [1.29, 1.82) is 0 Å². The molecule has 1 fully saturated rings. The lowest BCUT2D eigenvalue weighted by Crippen LogP contribution is -2.42. The number of aromatic nitrogens is 1. The van der Waals surface area contributed by atoms with E-state index in [0.29, 0.717) is 18.7 Å². The molecule has 0 aliphatic carbocycles. The van der Waals surface area contributed by atoms with Gasteiger partial charge >= 0.3 is 0 Å². The second-order valence-electron chi connectivity index (χ2n) is 5.39. The van der Waals surface area contributed by atoms with Crippen LogP contribution in [0.2, 0.25) is 0 Å². The maximum atomic E-state index is 12.5. The fraction of sp³-hybridized carbons (Fsp3) is 0.615. The van der Waals surface area contributed by atoms with Crippen LogP contribution < -0.4 is 0 Å². The number of hydrogen-bond acceptors (Lipinski definition) is 4. The summed E-state index contributed by atoms with van der Waals surface area (Å²) in [7, 11) is 0.